The summed E-state index contributed by atoms with van der Waals surface area (Å²) in [5.74, 6) is 2.66. The average Bonchev–Trinajstić information content (AvgIpc) is 2.70. The van der Waals surface area contributed by atoms with Crippen molar-refractivity contribution in [3.63, 3.8) is 0 Å². The molecule has 25 heavy (non-hydrogen) atoms. The van der Waals surface area contributed by atoms with Crippen LogP contribution in [0.3, 0.4) is 0 Å². The molecule has 0 spiro atoms. The molecule has 0 N–H and O–H groups in total. The van der Waals surface area contributed by atoms with Crippen molar-refractivity contribution >= 4 is 31.6 Å². The summed E-state index contributed by atoms with van der Waals surface area (Å²) in [4.78, 5) is 0. The van der Waals surface area contributed by atoms with Crippen LogP contribution in [0.4, 0.5) is 0 Å². The first-order chi connectivity index (χ1) is 12.2. The Kier molecular flexibility index (Phi) is 5.93. The van der Waals surface area contributed by atoms with Gasteiger partial charge in [0.25, 0.3) is 0 Å². The van der Waals surface area contributed by atoms with Gasteiger partial charge in [-0.15, -0.1) is 0 Å². The first-order valence-electron chi connectivity index (χ1n) is 7.97. The molecule has 3 nitrogen and oxygen atoms in total. The predicted octanol–water partition coefficient (Wildman–Crippen LogP) is 2.23. The Bertz CT molecular complexity index is 683. The topological polar surface area (TPSA) is 27.7 Å². The molecule has 0 radical (unpaired) electrons. The molecule has 0 unspecified atom stereocenters. The van der Waals surface area contributed by atoms with Crippen LogP contribution >= 0.6 is 0 Å². The summed E-state index contributed by atoms with van der Waals surface area (Å²) in [6, 6.07) is 25.5. The van der Waals surface area contributed by atoms with E-state index in [4.69, 9.17) is 14.2 Å². The molecule has 0 fully saturated rings. The molecule has 128 valence electrons. The van der Waals surface area contributed by atoms with Gasteiger partial charge in [-0.25, -0.2) is 0 Å². The summed E-state index contributed by atoms with van der Waals surface area (Å²) in [5.41, 5.74) is 0. The van der Waals surface area contributed by atoms with Crippen molar-refractivity contribution in [1.29, 1.82) is 0 Å². The Morgan fingerprint density at radius 2 is 0.680 bits per heavy atom. The van der Waals surface area contributed by atoms with E-state index in [1.54, 1.807) is 21.3 Å². The van der Waals surface area contributed by atoms with Crippen LogP contribution in [-0.2, 0) is 0 Å². The van der Waals surface area contributed by atoms with Crippen LogP contribution in [0.2, 0.25) is 0 Å². The second-order valence-electron chi connectivity index (χ2n) is 5.43. The van der Waals surface area contributed by atoms with E-state index in [1.165, 1.54) is 9.81 Å². The van der Waals surface area contributed by atoms with Crippen LogP contribution in [0.25, 0.3) is 0 Å². The molecule has 3 rings (SSSR count). The third kappa shape index (κ3) is 4.13. The van der Waals surface area contributed by atoms with Crippen molar-refractivity contribution in [2.75, 3.05) is 21.3 Å². The van der Waals surface area contributed by atoms with E-state index < -0.39 is 21.8 Å². The van der Waals surface area contributed by atoms with Gasteiger partial charge < -0.3 is 0 Å². The quantitative estimate of drug-likeness (QED) is 0.458. The molecule has 0 atom stereocenters. The third-order valence-corrected chi connectivity index (χ3v) is 13.5. The molecular weight excluding hydrogens is 509 g/mol. The van der Waals surface area contributed by atoms with Crippen molar-refractivity contribution in [1.82, 2.24) is 0 Å². The zero-order valence-corrected chi connectivity index (χ0v) is 18.1. The molecule has 4 heteroatoms. The minimum atomic E-state index is -2.36. The fourth-order valence-corrected chi connectivity index (χ4v) is 11.3. The van der Waals surface area contributed by atoms with Gasteiger partial charge in [-0.3, -0.25) is 0 Å². The molecule has 3 aromatic carbocycles. The van der Waals surface area contributed by atoms with E-state index in [0.29, 0.717) is 0 Å². The minimum absolute atomic E-state index is 0.886. The first-order valence-corrected chi connectivity index (χ1v) is 13.2. The molecule has 0 saturated heterocycles. The Hall–Kier alpha value is -2.06. The summed E-state index contributed by atoms with van der Waals surface area (Å²) in [5, 5.41) is 0. The molecule has 0 saturated carbocycles. The second-order valence-corrected chi connectivity index (χ2v) is 14.1. The molecular formula is C21H21BiO3. The van der Waals surface area contributed by atoms with E-state index in [1.807, 2.05) is 36.4 Å². The van der Waals surface area contributed by atoms with E-state index in [-0.39, 0.29) is 0 Å². The zero-order valence-electron chi connectivity index (χ0n) is 14.6. The standard InChI is InChI=1S/3C7H7O.Bi/c3*1-8-7-5-3-2-4-6-7;/h3*3-6H,1H3;. The van der Waals surface area contributed by atoms with Gasteiger partial charge in [0.05, 0.1) is 0 Å². The van der Waals surface area contributed by atoms with Gasteiger partial charge in [-0.05, 0) is 0 Å². The van der Waals surface area contributed by atoms with Gasteiger partial charge in [-0.1, -0.05) is 0 Å². The summed E-state index contributed by atoms with van der Waals surface area (Å²) in [6.07, 6.45) is 0. The molecule has 0 aliphatic heterocycles. The number of ether oxygens (including phenoxy) is 3. The van der Waals surface area contributed by atoms with Crippen LogP contribution in [-0.4, -0.2) is 43.1 Å². The summed E-state index contributed by atoms with van der Waals surface area (Å²) in [7, 11) is 5.09. The number of methoxy groups -OCH3 is 3. The monoisotopic (exact) mass is 530 g/mol. The Balaban J connectivity index is 2.04. The van der Waals surface area contributed by atoms with Crippen LogP contribution in [0.1, 0.15) is 0 Å². The van der Waals surface area contributed by atoms with Crippen molar-refractivity contribution in [3.8, 4) is 17.2 Å². The first kappa shape index (κ1) is 17.8. The van der Waals surface area contributed by atoms with E-state index in [0.717, 1.165) is 17.2 Å². The number of hydrogen-bond acceptors (Lipinski definition) is 3. The Morgan fingerprint density at radius 1 is 0.440 bits per heavy atom. The number of rotatable bonds is 6. The predicted molar refractivity (Wildman–Crippen MR) is 104 cm³/mol. The van der Waals surface area contributed by atoms with E-state index >= 15 is 0 Å². The Morgan fingerprint density at radius 3 is 0.880 bits per heavy atom. The fourth-order valence-electron chi connectivity index (χ4n) is 2.64. The fraction of sp³-hybridized carbons (Fsp3) is 0.143. The number of hydrogen-bond donors (Lipinski definition) is 0. The van der Waals surface area contributed by atoms with Gasteiger partial charge in [0.15, 0.2) is 0 Å². The average molecular weight is 530 g/mol. The summed E-state index contributed by atoms with van der Waals surface area (Å²) < 4.78 is 20.2. The normalized spacial score (nSPS) is 10.6. The third-order valence-electron chi connectivity index (χ3n) is 3.99. The van der Waals surface area contributed by atoms with Crippen molar-refractivity contribution in [2.45, 2.75) is 0 Å². The van der Waals surface area contributed by atoms with Crippen LogP contribution < -0.4 is 24.0 Å². The van der Waals surface area contributed by atoms with Crippen LogP contribution in [0.15, 0.2) is 72.8 Å². The van der Waals surface area contributed by atoms with E-state index in [2.05, 4.69) is 36.4 Å². The SMILES string of the molecule is COc1cc[c]([Bi]([c]2ccc(OC)cc2)[c]2ccc(OC)cc2)cc1. The van der Waals surface area contributed by atoms with Gasteiger partial charge in [0, 0.05) is 0 Å². The molecule has 0 bridgehead atoms. The molecule has 0 heterocycles. The number of benzene rings is 3. The van der Waals surface area contributed by atoms with E-state index in [9.17, 15) is 0 Å². The summed E-state index contributed by atoms with van der Waals surface area (Å²) >= 11 is -2.36. The zero-order chi connectivity index (χ0) is 17.6. The van der Waals surface area contributed by atoms with Crippen molar-refractivity contribution in [3.05, 3.63) is 72.8 Å². The Labute approximate surface area is 156 Å². The molecule has 0 aliphatic rings. The maximum atomic E-state index is 5.31. The molecule has 3 aromatic rings. The van der Waals surface area contributed by atoms with Gasteiger partial charge in [0.1, 0.15) is 0 Å². The van der Waals surface area contributed by atoms with Crippen molar-refractivity contribution in [2.24, 2.45) is 0 Å². The van der Waals surface area contributed by atoms with Crippen molar-refractivity contribution < 1.29 is 14.2 Å². The van der Waals surface area contributed by atoms with Gasteiger partial charge in [-0.2, -0.15) is 0 Å². The molecule has 0 aromatic heterocycles. The maximum absolute atomic E-state index is 5.31. The molecule has 0 aliphatic carbocycles. The van der Waals surface area contributed by atoms with Gasteiger partial charge >= 0.3 is 157 Å². The molecule has 0 amide bonds. The van der Waals surface area contributed by atoms with Crippen LogP contribution in [0, 0.1) is 0 Å². The van der Waals surface area contributed by atoms with Crippen LogP contribution in [0.5, 0.6) is 17.2 Å². The second kappa shape index (κ2) is 8.35. The van der Waals surface area contributed by atoms with Gasteiger partial charge in [0.2, 0.25) is 0 Å². The summed E-state index contributed by atoms with van der Waals surface area (Å²) in [6.45, 7) is 0.